The quantitative estimate of drug-likeness (QED) is 0.691. The van der Waals surface area contributed by atoms with Crippen LogP contribution in [-0.2, 0) is 19.0 Å². The summed E-state index contributed by atoms with van der Waals surface area (Å²) in [6.45, 7) is 5.83. The third kappa shape index (κ3) is 2.60. The molecular weight excluding hydrogens is 266 g/mol. The van der Waals surface area contributed by atoms with Gasteiger partial charge in [0, 0.05) is 5.92 Å². The lowest BCUT2D eigenvalue weighted by atomic mass is 9.99. The topological polar surface area (TPSA) is 85.3 Å². The molecule has 20 heavy (non-hydrogen) atoms. The Hall–Kier alpha value is -1.34. The highest BCUT2D eigenvalue weighted by atomic mass is 16.6. The summed E-state index contributed by atoms with van der Waals surface area (Å²) in [5.41, 5.74) is -0.680. The molecule has 0 spiro atoms. The summed E-state index contributed by atoms with van der Waals surface area (Å²) in [7, 11) is 1.23. The number of fused-ring (bicyclic) bond motifs is 1. The van der Waals surface area contributed by atoms with Gasteiger partial charge in [-0.25, -0.2) is 9.59 Å². The van der Waals surface area contributed by atoms with Gasteiger partial charge < -0.3 is 19.3 Å². The van der Waals surface area contributed by atoms with Crippen LogP contribution in [0.5, 0.6) is 0 Å². The minimum atomic E-state index is -1.03. The zero-order valence-corrected chi connectivity index (χ0v) is 12.2. The second-order valence-corrected chi connectivity index (χ2v) is 6.11. The summed E-state index contributed by atoms with van der Waals surface area (Å²) in [5, 5.41) is 10.2. The number of aliphatic hydroxyl groups is 1. The van der Waals surface area contributed by atoms with Crippen molar-refractivity contribution in [1.82, 2.24) is 4.90 Å². The molecule has 0 aromatic carbocycles. The van der Waals surface area contributed by atoms with Crippen LogP contribution in [0.3, 0.4) is 0 Å². The van der Waals surface area contributed by atoms with Crippen LogP contribution in [0.25, 0.3) is 0 Å². The molecule has 1 N–H and O–H groups in total. The third-order valence-electron chi connectivity index (χ3n) is 3.56. The van der Waals surface area contributed by atoms with Crippen molar-refractivity contribution in [3.05, 3.63) is 0 Å². The Morgan fingerprint density at radius 2 is 1.95 bits per heavy atom. The largest absolute Gasteiger partial charge is 0.467 e. The number of hydrogen-bond donors (Lipinski definition) is 1. The first kappa shape index (κ1) is 15.1. The summed E-state index contributed by atoms with van der Waals surface area (Å²) in [5.74, 6) is -0.927. The smallest absolute Gasteiger partial charge is 0.411 e. The van der Waals surface area contributed by atoms with Crippen LogP contribution in [0.4, 0.5) is 4.79 Å². The lowest BCUT2D eigenvalue weighted by Gasteiger charge is -2.30. The van der Waals surface area contributed by atoms with Crippen LogP contribution in [0.15, 0.2) is 0 Å². The number of esters is 1. The van der Waals surface area contributed by atoms with Gasteiger partial charge in [0.25, 0.3) is 0 Å². The summed E-state index contributed by atoms with van der Waals surface area (Å²) in [6, 6.07) is -1.39. The van der Waals surface area contributed by atoms with Crippen molar-refractivity contribution < 1.29 is 28.9 Å². The van der Waals surface area contributed by atoms with Crippen LogP contribution < -0.4 is 0 Å². The van der Waals surface area contributed by atoms with E-state index in [1.165, 1.54) is 12.0 Å². The van der Waals surface area contributed by atoms with Gasteiger partial charge >= 0.3 is 12.1 Å². The van der Waals surface area contributed by atoms with Crippen molar-refractivity contribution in [2.75, 3.05) is 20.3 Å². The van der Waals surface area contributed by atoms with Crippen LogP contribution in [0, 0.1) is 5.92 Å². The maximum absolute atomic E-state index is 12.3. The first-order valence-corrected chi connectivity index (χ1v) is 6.61. The van der Waals surface area contributed by atoms with E-state index >= 15 is 0 Å². The molecule has 7 nitrogen and oxygen atoms in total. The van der Waals surface area contributed by atoms with Gasteiger partial charge in [-0.3, -0.25) is 4.90 Å². The Kier molecular flexibility index (Phi) is 3.93. The van der Waals surface area contributed by atoms with Gasteiger partial charge in [0.2, 0.25) is 0 Å². The molecule has 0 aliphatic carbocycles. The lowest BCUT2D eigenvalue weighted by Crippen LogP contribution is -2.50. The predicted molar refractivity (Wildman–Crippen MR) is 68.0 cm³/mol. The standard InChI is InChI=1S/C13H21NO6/c1-13(2,3)20-12(17)14-8-6-19-5-7(8)10(15)9(14)11(16)18-4/h7-10,15H,5-6H2,1-4H3. The zero-order chi connectivity index (χ0) is 15.1. The molecule has 2 saturated heterocycles. The number of rotatable bonds is 1. The van der Waals surface area contributed by atoms with Crippen LogP contribution in [-0.4, -0.2) is 66.2 Å². The zero-order valence-electron chi connectivity index (χ0n) is 12.2. The van der Waals surface area contributed by atoms with Gasteiger partial charge in [0.1, 0.15) is 5.60 Å². The molecule has 2 fully saturated rings. The van der Waals surface area contributed by atoms with E-state index in [4.69, 9.17) is 14.2 Å². The number of aliphatic hydroxyl groups excluding tert-OH is 1. The van der Waals surface area contributed by atoms with Gasteiger partial charge in [-0.1, -0.05) is 0 Å². The minimum Gasteiger partial charge on any atom is -0.467 e. The lowest BCUT2D eigenvalue weighted by molar-refractivity contribution is -0.149. The van der Waals surface area contributed by atoms with E-state index in [1.54, 1.807) is 20.8 Å². The second kappa shape index (κ2) is 5.21. The molecule has 0 aromatic heterocycles. The highest BCUT2D eigenvalue weighted by Crippen LogP contribution is 2.36. The number of hydrogen-bond acceptors (Lipinski definition) is 6. The molecule has 114 valence electrons. The van der Waals surface area contributed by atoms with Crippen molar-refractivity contribution in [2.45, 2.75) is 44.6 Å². The number of nitrogens with zero attached hydrogens (tertiary/aromatic N) is 1. The van der Waals surface area contributed by atoms with Crippen molar-refractivity contribution in [2.24, 2.45) is 5.92 Å². The Bertz CT molecular complexity index is 404. The number of carbonyl (C=O) groups excluding carboxylic acids is 2. The van der Waals surface area contributed by atoms with Crippen molar-refractivity contribution in [1.29, 1.82) is 0 Å². The highest BCUT2D eigenvalue weighted by molar-refractivity contribution is 5.83. The predicted octanol–water partition coefficient (Wildman–Crippen LogP) is 0.155. The van der Waals surface area contributed by atoms with Crippen LogP contribution in [0.2, 0.25) is 0 Å². The van der Waals surface area contributed by atoms with E-state index in [9.17, 15) is 14.7 Å². The van der Waals surface area contributed by atoms with Gasteiger partial charge in [0.15, 0.2) is 6.04 Å². The fourth-order valence-corrected chi connectivity index (χ4v) is 2.71. The number of methoxy groups -OCH3 is 1. The first-order chi connectivity index (χ1) is 9.26. The Labute approximate surface area is 117 Å². The van der Waals surface area contributed by atoms with E-state index in [0.29, 0.717) is 6.61 Å². The van der Waals surface area contributed by atoms with Crippen molar-refractivity contribution in [3.8, 4) is 0 Å². The number of likely N-dealkylation sites (tertiary alicyclic amines) is 1. The third-order valence-corrected chi connectivity index (χ3v) is 3.56. The molecule has 0 radical (unpaired) electrons. The van der Waals surface area contributed by atoms with Gasteiger partial charge in [0.05, 0.1) is 32.5 Å². The highest BCUT2D eigenvalue weighted by Gasteiger charge is 2.57. The fraction of sp³-hybridized carbons (Fsp3) is 0.846. The minimum absolute atomic E-state index is 0.286. The SMILES string of the molecule is COC(=O)C1C(O)C2COCC2N1C(=O)OC(C)(C)C. The van der Waals surface area contributed by atoms with E-state index in [-0.39, 0.29) is 18.6 Å². The molecule has 2 aliphatic heterocycles. The summed E-state index contributed by atoms with van der Waals surface area (Å²) >= 11 is 0. The molecule has 7 heteroatoms. The molecule has 4 unspecified atom stereocenters. The normalized spacial score (nSPS) is 33.0. The van der Waals surface area contributed by atoms with Crippen LogP contribution in [0.1, 0.15) is 20.8 Å². The Morgan fingerprint density at radius 1 is 1.30 bits per heavy atom. The molecule has 2 heterocycles. The first-order valence-electron chi connectivity index (χ1n) is 6.61. The Balaban J connectivity index is 2.25. The maximum atomic E-state index is 12.3. The van der Waals surface area contributed by atoms with Gasteiger partial charge in [-0.2, -0.15) is 0 Å². The monoisotopic (exact) mass is 287 g/mol. The average Bonchev–Trinajstić information content (AvgIpc) is 2.88. The van der Waals surface area contributed by atoms with E-state index < -0.39 is 29.8 Å². The molecule has 2 rings (SSSR count). The molecule has 2 aliphatic rings. The molecule has 1 amide bonds. The average molecular weight is 287 g/mol. The fourth-order valence-electron chi connectivity index (χ4n) is 2.71. The maximum Gasteiger partial charge on any atom is 0.411 e. The molecule has 0 saturated carbocycles. The molecule has 4 atom stereocenters. The second-order valence-electron chi connectivity index (χ2n) is 6.11. The molecule has 0 aromatic rings. The van der Waals surface area contributed by atoms with E-state index in [1.807, 2.05) is 0 Å². The molecule has 0 bridgehead atoms. The summed E-state index contributed by atoms with van der Waals surface area (Å²) in [6.07, 6.45) is -1.63. The van der Waals surface area contributed by atoms with E-state index in [0.717, 1.165) is 0 Å². The van der Waals surface area contributed by atoms with Crippen molar-refractivity contribution >= 4 is 12.1 Å². The Morgan fingerprint density at radius 3 is 2.50 bits per heavy atom. The number of ether oxygens (including phenoxy) is 3. The van der Waals surface area contributed by atoms with Crippen molar-refractivity contribution in [3.63, 3.8) is 0 Å². The molecular formula is C13H21NO6. The number of amides is 1. The van der Waals surface area contributed by atoms with Gasteiger partial charge in [-0.15, -0.1) is 0 Å². The van der Waals surface area contributed by atoms with E-state index in [2.05, 4.69) is 0 Å². The summed E-state index contributed by atoms with van der Waals surface area (Å²) in [4.78, 5) is 25.4. The van der Waals surface area contributed by atoms with Crippen LogP contribution >= 0.6 is 0 Å². The number of carbonyl (C=O) groups is 2. The summed E-state index contributed by atoms with van der Waals surface area (Å²) < 4.78 is 15.3. The van der Waals surface area contributed by atoms with Gasteiger partial charge in [-0.05, 0) is 20.8 Å².